The van der Waals surface area contributed by atoms with Crippen LogP contribution >= 0.6 is 0 Å². The molecule has 8 heteroatoms. The van der Waals surface area contributed by atoms with Gasteiger partial charge in [-0.3, -0.25) is 4.79 Å². The lowest BCUT2D eigenvalue weighted by atomic mass is 9.98. The molecule has 2 saturated heterocycles. The molecule has 8 nitrogen and oxygen atoms in total. The molecule has 0 N–H and O–H groups in total. The molecule has 0 aromatic heterocycles. The molecule has 2 amide bonds. The van der Waals surface area contributed by atoms with E-state index in [1.807, 2.05) is 0 Å². The van der Waals surface area contributed by atoms with Crippen LogP contribution in [-0.2, 0) is 19.0 Å². The van der Waals surface area contributed by atoms with Gasteiger partial charge in [0, 0.05) is 39.0 Å². The van der Waals surface area contributed by atoms with E-state index in [4.69, 9.17) is 14.2 Å². The lowest BCUT2D eigenvalue weighted by molar-refractivity contribution is -0.157. The summed E-state index contributed by atoms with van der Waals surface area (Å²) in [6.07, 6.45) is 1.79. The molecule has 0 aromatic carbocycles. The van der Waals surface area contributed by atoms with Gasteiger partial charge in [0.25, 0.3) is 0 Å². The third-order valence-electron chi connectivity index (χ3n) is 4.44. The number of rotatable bonds is 3. The molecule has 1 atom stereocenters. The third-order valence-corrected chi connectivity index (χ3v) is 4.44. The summed E-state index contributed by atoms with van der Waals surface area (Å²) in [4.78, 5) is 38.7. The summed E-state index contributed by atoms with van der Waals surface area (Å²) in [6.45, 7) is 4.12. The van der Waals surface area contributed by atoms with Crippen molar-refractivity contribution in [3.8, 4) is 0 Å². The number of carbonyl (C=O) groups is 3. The summed E-state index contributed by atoms with van der Waals surface area (Å²) in [5.74, 6) is -0.570. The fourth-order valence-electron chi connectivity index (χ4n) is 3.10. The van der Waals surface area contributed by atoms with Crippen LogP contribution in [0.25, 0.3) is 0 Å². The maximum atomic E-state index is 12.3. The van der Waals surface area contributed by atoms with Gasteiger partial charge in [0.05, 0.1) is 19.6 Å². The minimum absolute atomic E-state index is 0.184. The fraction of sp³-hybridized carbons (Fsp3) is 0.812. The van der Waals surface area contributed by atoms with Crippen molar-refractivity contribution < 1.29 is 28.6 Å². The molecule has 2 fully saturated rings. The van der Waals surface area contributed by atoms with E-state index in [1.54, 1.807) is 16.7 Å². The average Bonchev–Trinajstić information content (AvgIpc) is 2.62. The van der Waals surface area contributed by atoms with Crippen molar-refractivity contribution in [2.24, 2.45) is 5.92 Å². The van der Waals surface area contributed by atoms with E-state index in [9.17, 15) is 14.4 Å². The Bertz CT molecular complexity index is 461. The predicted molar refractivity (Wildman–Crippen MR) is 84.4 cm³/mol. The number of nitrogens with zero attached hydrogens (tertiary/aromatic N) is 2. The van der Waals surface area contributed by atoms with Crippen molar-refractivity contribution >= 4 is 18.2 Å². The van der Waals surface area contributed by atoms with Crippen LogP contribution in [0, 0.1) is 5.92 Å². The summed E-state index contributed by atoms with van der Waals surface area (Å²) in [5, 5.41) is 0. The molecule has 0 saturated carbocycles. The van der Waals surface area contributed by atoms with Gasteiger partial charge >= 0.3 is 18.2 Å². The third kappa shape index (κ3) is 4.75. The number of esters is 1. The van der Waals surface area contributed by atoms with Crippen molar-refractivity contribution in [2.75, 3.05) is 39.9 Å². The zero-order valence-corrected chi connectivity index (χ0v) is 14.4. The Morgan fingerprint density at radius 1 is 1.00 bits per heavy atom. The Morgan fingerprint density at radius 2 is 1.71 bits per heavy atom. The van der Waals surface area contributed by atoms with Gasteiger partial charge in [-0.15, -0.1) is 0 Å². The maximum Gasteiger partial charge on any atom is 0.409 e. The Hall–Kier alpha value is -1.99. The van der Waals surface area contributed by atoms with Crippen LogP contribution in [0.2, 0.25) is 0 Å². The molecule has 2 aliphatic rings. The zero-order valence-electron chi connectivity index (χ0n) is 14.4. The molecule has 136 valence electrons. The van der Waals surface area contributed by atoms with Crippen molar-refractivity contribution in [3.63, 3.8) is 0 Å². The lowest BCUT2D eigenvalue weighted by Gasteiger charge is -2.34. The van der Waals surface area contributed by atoms with Crippen LogP contribution in [0.5, 0.6) is 0 Å². The van der Waals surface area contributed by atoms with Crippen molar-refractivity contribution in [1.29, 1.82) is 0 Å². The molecule has 1 unspecified atom stereocenters. The molecule has 0 aromatic rings. The first-order valence-electron chi connectivity index (χ1n) is 8.50. The van der Waals surface area contributed by atoms with E-state index >= 15 is 0 Å². The normalized spacial score (nSPS) is 22.0. The number of hydrogen-bond donors (Lipinski definition) is 0. The number of amides is 2. The van der Waals surface area contributed by atoms with Crippen LogP contribution in [0.4, 0.5) is 9.59 Å². The first-order valence-corrected chi connectivity index (χ1v) is 8.50. The number of ether oxygens (including phenoxy) is 3. The topological polar surface area (TPSA) is 85.4 Å². The van der Waals surface area contributed by atoms with E-state index in [0.717, 1.165) is 6.42 Å². The summed E-state index contributed by atoms with van der Waals surface area (Å²) in [6, 6.07) is 0. The Morgan fingerprint density at radius 3 is 2.33 bits per heavy atom. The van der Waals surface area contributed by atoms with Gasteiger partial charge in [-0.1, -0.05) is 0 Å². The Labute approximate surface area is 142 Å². The second kappa shape index (κ2) is 8.75. The highest BCUT2D eigenvalue weighted by Crippen LogP contribution is 2.22. The monoisotopic (exact) mass is 342 g/mol. The molecule has 0 aliphatic carbocycles. The maximum absolute atomic E-state index is 12.3. The van der Waals surface area contributed by atoms with Crippen molar-refractivity contribution in [2.45, 2.75) is 38.7 Å². The summed E-state index contributed by atoms with van der Waals surface area (Å²) in [5.41, 5.74) is 0. The summed E-state index contributed by atoms with van der Waals surface area (Å²) >= 11 is 0. The van der Waals surface area contributed by atoms with Gasteiger partial charge in [0.15, 0.2) is 0 Å². The molecule has 0 radical (unpaired) electrons. The molecule has 0 spiro atoms. The van der Waals surface area contributed by atoms with Crippen molar-refractivity contribution in [1.82, 2.24) is 9.80 Å². The van der Waals surface area contributed by atoms with E-state index < -0.39 is 6.09 Å². The predicted octanol–water partition coefficient (Wildman–Crippen LogP) is 1.63. The number of methoxy groups -OCH3 is 1. The zero-order chi connectivity index (χ0) is 17.5. The van der Waals surface area contributed by atoms with Crippen LogP contribution in [0.1, 0.15) is 32.6 Å². The van der Waals surface area contributed by atoms with Gasteiger partial charge in [-0.2, -0.15) is 0 Å². The van der Waals surface area contributed by atoms with Gasteiger partial charge in [0.2, 0.25) is 0 Å². The summed E-state index contributed by atoms with van der Waals surface area (Å²) < 4.78 is 15.3. The van der Waals surface area contributed by atoms with Gasteiger partial charge in [0.1, 0.15) is 6.10 Å². The second-order valence-electron chi connectivity index (χ2n) is 6.08. The van der Waals surface area contributed by atoms with Crippen LogP contribution in [0.3, 0.4) is 0 Å². The Balaban J connectivity index is 1.77. The largest absolute Gasteiger partial charge is 0.462 e. The number of likely N-dealkylation sites (tertiary alicyclic amines) is 2. The average molecular weight is 342 g/mol. The van der Waals surface area contributed by atoms with Gasteiger partial charge in [-0.05, 0) is 19.8 Å². The van der Waals surface area contributed by atoms with E-state index in [0.29, 0.717) is 52.0 Å². The molecule has 2 heterocycles. The Kier molecular flexibility index (Phi) is 6.69. The fourth-order valence-corrected chi connectivity index (χ4v) is 3.10. The highest BCUT2D eigenvalue weighted by atomic mass is 16.6. The van der Waals surface area contributed by atoms with Gasteiger partial charge in [-0.25, -0.2) is 9.59 Å². The molecule has 2 aliphatic heterocycles. The van der Waals surface area contributed by atoms with E-state index in [1.165, 1.54) is 7.11 Å². The van der Waals surface area contributed by atoms with Gasteiger partial charge < -0.3 is 24.0 Å². The molecule has 2 rings (SSSR count). The molecular formula is C16H26N2O6. The standard InChI is InChI=1S/C16H26N2O6/c1-3-23-16(21)17-9-6-13(7-10-17)24-14(19)12-5-4-8-18(11-12)15(20)22-2/h12-13H,3-11H2,1-2H3. The minimum Gasteiger partial charge on any atom is -0.462 e. The number of carbonyl (C=O) groups excluding carboxylic acids is 3. The van der Waals surface area contributed by atoms with Crippen LogP contribution < -0.4 is 0 Å². The summed E-state index contributed by atoms with van der Waals surface area (Å²) in [7, 11) is 1.33. The lowest BCUT2D eigenvalue weighted by Crippen LogP contribution is -2.45. The van der Waals surface area contributed by atoms with E-state index in [-0.39, 0.29) is 24.1 Å². The molecular weight excluding hydrogens is 316 g/mol. The quantitative estimate of drug-likeness (QED) is 0.572. The van der Waals surface area contributed by atoms with Crippen LogP contribution in [0.15, 0.2) is 0 Å². The highest BCUT2D eigenvalue weighted by molar-refractivity contribution is 5.75. The first kappa shape index (κ1) is 18.4. The SMILES string of the molecule is CCOC(=O)N1CCC(OC(=O)C2CCCN(C(=O)OC)C2)CC1. The van der Waals surface area contributed by atoms with E-state index in [2.05, 4.69) is 0 Å². The van der Waals surface area contributed by atoms with Crippen molar-refractivity contribution in [3.05, 3.63) is 0 Å². The molecule has 0 bridgehead atoms. The first-order chi connectivity index (χ1) is 11.5. The van der Waals surface area contributed by atoms with Crippen LogP contribution in [-0.4, -0.2) is 74.0 Å². The number of piperidine rings is 2. The second-order valence-corrected chi connectivity index (χ2v) is 6.08. The number of hydrogen-bond acceptors (Lipinski definition) is 6. The molecule has 24 heavy (non-hydrogen) atoms. The minimum atomic E-state index is -0.407. The highest BCUT2D eigenvalue weighted by Gasteiger charge is 2.32. The smallest absolute Gasteiger partial charge is 0.409 e.